The number of hydrogen-bond acceptors (Lipinski definition) is 3. The second-order valence-electron chi connectivity index (χ2n) is 1.70. The second-order valence-corrected chi connectivity index (χ2v) is 3.23. The Bertz CT molecular complexity index is 217. The highest BCUT2D eigenvalue weighted by atomic mass is 79.9. The summed E-state index contributed by atoms with van der Waals surface area (Å²) in [6.07, 6.45) is 5.51. The second kappa shape index (κ2) is 3.83. The average Bonchev–Trinajstić information content (AvgIpc) is 1.88. The normalized spacial score (nSPS) is 9.40. The zero-order valence-electron chi connectivity index (χ0n) is 5.47. The van der Waals surface area contributed by atoms with E-state index in [1.165, 1.54) is 0 Å². The molecule has 0 aliphatic carbocycles. The van der Waals surface area contributed by atoms with Gasteiger partial charge < -0.3 is 4.72 Å². The summed E-state index contributed by atoms with van der Waals surface area (Å²) in [6.45, 7) is 0. The zero-order valence-corrected chi connectivity index (χ0v) is 7.87. The smallest absolute Gasteiger partial charge is 0.0637 e. The molecule has 1 heterocycles. The number of nitrogens with zero attached hydrogens (tertiary/aromatic N) is 1. The Kier molecular flexibility index (Phi) is 3.02. The van der Waals surface area contributed by atoms with Gasteiger partial charge in [-0.1, -0.05) is 11.9 Å². The molecule has 54 valence electrons. The predicted molar refractivity (Wildman–Crippen MR) is 49.1 cm³/mol. The molecule has 0 saturated heterocycles. The third kappa shape index (κ3) is 2.19. The van der Waals surface area contributed by atoms with E-state index in [9.17, 15) is 0 Å². The van der Waals surface area contributed by atoms with Crippen LogP contribution in [-0.2, 0) is 0 Å². The minimum atomic E-state index is 0.992. The van der Waals surface area contributed by atoms with Gasteiger partial charge in [-0.2, -0.15) is 0 Å². The lowest BCUT2D eigenvalue weighted by Gasteiger charge is -1.99. The molecule has 0 bridgehead atoms. The fraction of sp³-hybridized carbons (Fsp3) is 0.167. The third-order valence-corrected chi connectivity index (χ3v) is 1.80. The van der Waals surface area contributed by atoms with Crippen LogP contribution in [0.15, 0.2) is 22.9 Å². The molecule has 0 amide bonds. The lowest BCUT2D eigenvalue weighted by atomic mass is 10.4. The number of halogens is 1. The largest absolute Gasteiger partial charge is 0.329 e. The first kappa shape index (κ1) is 7.88. The lowest BCUT2D eigenvalue weighted by molar-refractivity contribution is 1.31. The van der Waals surface area contributed by atoms with Gasteiger partial charge >= 0.3 is 0 Å². The van der Waals surface area contributed by atoms with Gasteiger partial charge in [0.2, 0.25) is 0 Å². The molecule has 0 aliphatic rings. The van der Waals surface area contributed by atoms with Gasteiger partial charge in [0.15, 0.2) is 0 Å². The summed E-state index contributed by atoms with van der Waals surface area (Å²) in [5.74, 6) is 0. The molecule has 1 aromatic rings. The molecule has 0 fully saturated rings. The van der Waals surface area contributed by atoms with Gasteiger partial charge in [0.05, 0.1) is 11.9 Å². The van der Waals surface area contributed by atoms with E-state index in [2.05, 4.69) is 25.6 Å². The Morgan fingerprint density at radius 3 is 3.00 bits per heavy atom. The van der Waals surface area contributed by atoms with Crippen LogP contribution in [0, 0.1) is 0 Å². The lowest BCUT2D eigenvalue weighted by Crippen LogP contribution is -1.84. The molecule has 1 N–H and O–H groups in total. The number of hydrogen-bond donors (Lipinski definition) is 1. The van der Waals surface area contributed by atoms with Crippen molar-refractivity contribution in [3.8, 4) is 0 Å². The van der Waals surface area contributed by atoms with Crippen LogP contribution in [0.25, 0.3) is 0 Å². The van der Waals surface area contributed by atoms with Gasteiger partial charge in [-0.15, -0.1) is 0 Å². The maximum Gasteiger partial charge on any atom is 0.0637 e. The number of pyridine rings is 1. The Hall–Kier alpha value is -0.220. The topological polar surface area (TPSA) is 24.9 Å². The number of nitrogens with one attached hydrogen (secondary N) is 1. The van der Waals surface area contributed by atoms with Gasteiger partial charge in [-0.05, 0) is 22.0 Å². The molecule has 0 aliphatic heterocycles. The van der Waals surface area contributed by atoms with Crippen molar-refractivity contribution in [3.05, 3.63) is 22.9 Å². The summed E-state index contributed by atoms with van der Waals surface area (Å²) in [4.78, 5) is 3.98. The standard InChI is InChI=1S/C6H7BrN2S/c1-10-9-6-2-5(7)3-8-4-6/h2-4,9H,1H3. The molecule has 0 spiro atoms. The van der Waals surface area contributed by atoms with Crippen molar-refractivity contribution in [2.75, 3.05) is 11.0 Å². The summed E-state index contributed by atoms with van der Waals surface area (Å²) < 4.78 is 4.06. The van der Waals surface area contributed by atoms with Crippen molar-refractivity contribution in [2.24, 2.45) is 0 Å². The van der Waals surface area contributed by atoms with Crippen molar-refractivity contribution in [1.29, 1.82) is 0 Å². The van der Waals surface area contributed by atoms with Crippen LogP contribution in [0.5, 0.6) is 0 Å². The minimum Gasteiger partial charge on any atom is -0.329 e. The molecule has 1 aromatic heterocycles. The van der Waals surface area contributed by atoms with E-state index >= 15 is 0 Å². The van der Waals surface area contributed by atoms with Gasteiger partial charge in [0.25, 0.3) is 0 Å². The molecule has 1 rings (SSSR count). The van der Waals surface area contributed by atoms with Crippen LogP contribution >= 0.6 is 27.9 Å². The van der Waals surface area contributed by atoms with Gasteiger partial charge in [0.1, 0.15) is 0 Å². The molecule has 0 aromatic carbocycles. The van der Waals surface area contributed by atoms with E-state index in [1.54, 1.807) is 24.3 Å². The summed E-state index contributed by atoms with van der Waals surface area (Å²) >= 11 is 4.87. The maximum atomic E-state index is 3.98. The predicted octanol–water partition coefficient (Wildman–Crippen LogP) is 2.53. The van der Waals surface area contributed by atoms with E-state index in [1.807, 2.05) is 12.3 Å². The van der Waals surface area contributed by atoms with Crippen molar-refractivity contribution >= 4 is 33.6 Å². The molecule has 10 heavy (non-hydrogen) atoms. The summed E-state index contributed by atoms with van der Waals surface area (Å²) in [6, 6.07) is 1.98. The molecule has 0 atom stereocenters. The molecule has 2 nitrogen and oxygen atoms in total. The molecular weight excluding hydrogens is 212 g/mol. The highest BCUT2D eigenvalue weighted by Gasteiger charge is 1.90. The van der Waals surface area contributed by atoms with Crippen molar-refractivity contribution < 1.29 is 0 Å². The van der Waals surface area contributed by atoms with Crippen LogP contribution in [0.1, 0.15) is 0 Å². The Morgan fingerprint density at radius 1 is 1.60 bits per heavy atom. The Balaban J connectivity index is 2.75. The summed E-state index contributed by atoms with van der Waals surface area (Å²) in [5, 5.41) is 0. The van der Waals surface area contributed by atoms with E-state index < -0.39 is 0 Å². The SMILES string of the molecule is CSNc1cncc(Br)c1. The quantitative estimate of drug-likeness (QED) is 0.773. The summed E-state index contributed by atoms with van der Waals surface area (Å²) in [5.41, 5.74) is 1.02. The third-order valence-electron chi connectivity index (χ3n) is 0.925. The molecule has 0 unspecified atom stereocenters. The van der Waals surface area contributed by atoms with Crippen LogP contribution in [0.4, 0.5) is 5.69 Å². The van der Waals surface area contributed by atoms with E-state index in [4.69, 9.17) is 0 Å². The van der Waals surface area contributed by atoms with Crippen molar-refractivity contribution in [3.63, 3.8) is 0 Å². The molecule has 0 saturated carbocycles. The Morgan fingerprint density at radius 2 is 2.40 bits per heavy atom. The number of anilines is 1. The Labute approximate surface area is 72.7 Å². The van der Waals surface area contributed by atoms with Crippen LogP contribution in [0.2, 0.25) is 0 Å². The highest BCUT2D eigenvalue weighted by molar-refractivity contribution is 9.10. The van der Waals surface area contributed by atoms with Gasteiger partial charge in [-0.25, -0.2) is 0 Å². The van der Waals surface area contributed by atoms with Gasteiger partial charge in [-0.3, -0.25) is 4.98 Å². The number of rotatable bonds is 2. The van der Waals surface area contributed by atoms with Crippen molar-refractivity contribution in [1.82, 2.24) is 4.98 Å². The molecular formula is C6H7BrN2S. The van der Waals surface area contributed by atoms with E-state index in [0.717, 1.165) is 10.2 Å². The summed E-state index contributed by atoms with van der Waals surface area (Å²) in [7, 11) is 0. The average molecular weight is 219 g/mol. The number of aromatic nitrogens is 1. The molecule has 4 heteroatoms. The first-order valence-electron chi connectivity index (χ1n) is 2.72. The van der Waals surface area contributed by atoms with Crippen LogP contribution in [0.3, 0.4) is 0 Å². The maximum absolute atomic E-state index is 3.98. The van der Waals surface area contributed by atoms with Crippen molar-refractivity contribution in [2.45, 2.75) is 0 Å². The van der Waals surface area contributed by atoms with Gasteiger partial charge in [0, 0.05) is 16.9 Å². The van der Waals surface area contributed by atoms with Crippen LogP contribution < -0.4 is 4.72 Å². The fourth-order valence-corrected chi connectivity index (χ4v) is 1.30. The minimum absolute atomic E-state index is 0.992. The first-order chi connectivity index (χ1) is 4.83. The molecule has 0 radical (unpaired) electrons. The van der Waals surface area contributed by atoms with E-state index in [-0.39, 0.29) is 0 Å². The first-order valence-corrected chi connectivity index (χ1v) is 4.74. The van der Waals surface area contributed by atoms with E-state index in [0.29, 0.717) is 0 Å². The van der Waals surface area contributed by atoms with Crippen LogP contribution in [-0.4, -0.2) is 11.2 Å². The fourth-order valence-electron chi connectivity index (χ4n) is 0.586. The zero-order chi connectivity index (χ0) is 7.40. The highest BCUT2D eigenvalue weighted by Crippen LogP contribution is 2.15. The monoisotopic (exact) mass is 218 g/mol.